The third kappa shape index (κ3) is 3.46. The van der Waals surface area contributed by atoms with Gasteiger partial charge in [0.25, 0.3) is 11.5 Å². The summed E-state index contributed by atoms with van der Waals surface area (Å²) in [4.78, 5) is 41.0. The summed E-state index contributed by atoms with van der Waals surface area (Å²) in [5.74, 6) is -0.0527. The van der Waals surface area contributed by atoms with E-state index in [4.69, 9.17) is 4.74 Å². The third-order valence-electron chi connectivity index (χ3n) is 4.33. The number of amides is 2. The Balaban J connectivity index is 1.73. The number of rotatable bonds is 4. The average molecular weight is 355 g/mol. The normalized spacial score (nSPS) is 16.0. The number of aromatic amines is 1. The molecule has 2 N–H and O–H groups in total. The van der Waals surface area contributed by atoms with Crippen molar-refractivity contribution >= 4 is 17.5 Å². The quantitative estimate of drug-likeness (QED) is 0.868. The van der Waals surface area contributed by atoms with E-state index in [1.807, 2.05) is 19.1 Å². The van der Waals surface area contributed by atoms with Crippen molar-refractivity contribution in [2.75, 3.05) is 11.4 Å². The standard InChI is InChI=1S/C19H21N3O4/c1-11-8-12(2)21-18(24)14(11)9-20-17(23)10-22-15-6-4-5-7-16(15)26-13(3)19(22)25/h4-8,13H,9-10H2,1-3H3,(H,20,23)(H,21,24). The minimum absolute atomic E-state index is 0.107. The van der Waals surface area contributed by atoms with Crippen LogP contribution in [0.2, 0.25) is 0 Å². The van der Waals surface area contributed by atoms with E-state index in [0.717, 1.165) is 11.3 Å². The molecule has 0 radical (unpaired) electrons. The molecule has 2 heterocycles. The van der Waals surface area contributed by atoms with Gasteiger partial charge in [-0.15, -0.1) is 0 Å². The topological polar surface area (TPSA) is 91.5 Å². The fraction of sp³-hybridized carbons (Fsp3) is 0.316. The SMILES string of the molecule is Cc1cc(C)c(CNC(=O)CN2C(=O)C(C)Oc3ccccc32)c(=O)[nH]1. The van der Waals surface area contributed by atoms with Crippen LogP contribution in [0, 0.1) is 13.8 Å². The first-order valence-electron chi connectivity index (χ1n) is 8.40. The van der Waals surface area contributed by atoms with Crippen LogP contribution in [-0.2, 0) is 16.1 Å². The number of carbonyl (C=O) groups is 2. The largest absolute Gasteiger partial charge is 0.479 e. The summed E-state index contributed by atoms with van der Waals surface area (Å²) in [5, 5.41) is 2.72. The lowest BCUT2D eigenvalue weighted by atomic mass is 10.1. The Morgan fingerprint density at radius 2 is 2.00 bits per heavy atom. The maximum atomic E-state index is 12.4. The number of fused-ring (bicyclic) bond motifs is 1. The highest BCUT2D eigenvalue weighted by atomic mass is 16.5. The van der Waals surface area contributed by atoms with Crippen molar-refractivity contribution < 1.29 is 14.3 Å². The fourth-order valence-electron chi connectivity index (χ4n) is 3.01. The van der Waals surface area contributed by atoms with Crippen LogP contribution in [0.3, 0.4) is 0 Å². The predicted molar refractivity (Wildman–Crippen MR) is 97.3 cm³/mol. The van der Waals surface area contributed by atoms with Gasteiger partial charge < -0.3 is 15.0 Å². The number of aryl methyl sites for hydroxylation is 2. The zero-order valence-electron chi connectivity index (χ0n) is 15.0. The summed E-state index contributed by atoms with van der Waals surface area (Å²) < 4.78 is 5.56. The average Bonchev–Trinajstić information content (AvgIpc) is 2.58. The summed E-state index contributed by atoms with van der Waals surface area (Å²) in [7, 11) is 0. The Morgan fingerprint density at radius 3 is 2.73 bits per heavy atom. The lowest BCUT2D eigenvalue weighted by Crippen LogP contribution is -2.48. The number of para-hydroxylation sites is 2. The summed E-state index contributed by atoms with van der Waals surface area (Å²) in [6.45, 7) is 5.26. The van der Waals surface area contributed by atoms with E-state index < -0.39 is 6.10 Å². The highest BCUT2D eigenvalue weighted by Gasteiger charge is 2.32. The highest BCUT2D eigenvalue weighted by molar-refractivity contribution is 6.03. The minimum atomic E-state index is -0.653. The molecule has 1 aromatic heterocycles. The molecule has 0 fully saturated rings. The first-order valence-corrected chi connectivity index (χ1v) is 8.40. The van der Waals surface area contributed by atoms with E-state index in [0.29, 0.717) is 17.0 Å². The Kier molecular flexibility index (Phi) is 4.79. The number of pyridine rings is 1. The molecule has 3 rings (SSSR count). The second-order valence-corrected chi connectivity index (χ2v) is 6.37. The van der Waals surface area contributed by atoms with E-state index in [1.165, 1.54) is 4.90 Å². The van der Waals surface area contributed by atoms with Gasteiger partial charge in [-0.1, -0.05) is 12.1 Å². The molecule has 1 unspecified atom stereocenters. The van der Waals surface area contributed by atoms with Crippen LogP contribution in [-0.4, -0.2) is 29.4 Å². The van der Waals surface area contributed by atoms with Gasteiger partial charge in [-0.25, -0.2) is 0 Å². The van der Waals surface area contributed by atoms with Crippen LogP contribution in [0.25, 0.3) is 0 Å². The Hall–Kier alpha value is -3.09. The molecular weight excluding hydrogens is 334 g/mol. The van der Waals surface area contributed by atoms with Crippen molar-refractivity contribution in [3.63, 3.8) is 0 Å². The van der Waals surface area contributed by atoms with Crippen molar-refractivity contribution in [1.29, 1.82) is 0 Å². The maximum absolute atomic E-state index is 12.4. The van der Waals surface area contributed by atoms with Gasteiger partial charge in [-0.3, -0.25) is 19.3 Å². The lowest BCUT2D eigenvalue weighted by Gasteiger charge is -2.32. The van der Waals surface area contributed by atoms with Gasteiger partial charge in [-0.05, 0) is 44.5 Å². The summed E-state index contributed by atoms with van der Waals surface area (Å²) in [6.07, 6.45) is -0.653. The van der Waals surface area contributed by atoms with Crippen molar-refractivity contribution in [2.45, 2.75) is 33.4 Å². The van der Waals surface area contributed by atoms with Crippen LogP contribution in [0.1, 0.15) is 23.7 Å². The molecule has 1 aliphatic rings. The van der Waals surface area contributed by atoms with Gasteiger partial charge in [0, 0.05) is 17.8 Å². The number of hydrogen-bond acceptors (Lipinski definition) is 4. The zero-order chi connectivity index (χ0) is 18.8. The molecule has 1 aromatic carbocycles. The number of carbonyl (C=O) groups excluding carboxylic acids is 2. The molecule has 0 saturated carbocycles. The number of aromatic nitrogens is 1. The van der Waals surface area contributed by atoms with Crippen LogP contribution in [0.15, 0.2) is 35.1 Å². The Labute approximate surface area is 151 Å². The third-order valence-corrected chi connectivity index (χ3v) is 4.33. The van der Waals surface area contributed by atoms with Gasteiger partial charge >= 0.3 is 0 Å². The molecule has 1 aliphatic heterocycles. The summed E-state index contributed by atoms with van der Waals surface area (Å²) >= 11 is 0. The lowest BCUT2D eigenvalue weighted by molar-refractivity contribution is -0.128. The number of H-pyrrole nitrogens is 1. The smallest absolute Gasteiger partial charge is 0.268 e. The second-order valence-electron chi connectivity index (χ2n) is 6.37. The van der Waals surface area contributed by atoms with Crippen LogP contribution >= 0.6 is 0 Å². The summed E-state index contributed by atoms with van der Waals surface area (Å²) in [5.41, 5.74) is 2.44. The first-order chi connectivity index (χ1) is 12.4. The first kappa shape index (κ1) is 17.7. The van der Waals surface area contributed by atoms with E-state index in [2.05, 4.69) is 10.3 Å². The minimum Gasteiger partial charge on any atom is -0.479 e. The fourth-order valence-corrected chi connectivity index (χ4v) is 3.01. The molecule has 0 bridgehead atoms. The molecule has 1 atom stereocenters. The van der Waals surface area contributed by atoms with Crippen molar-refractivity contribution in [3.05, 3.63) is 57.5 Å². The van der Waals surface area contributed by atoms with Gasteiger partial charge in [0.15, 0.2) is 6.10 Å². The number of ether oxygens (including phenoxy) is 1. The number of benzene rings is 1. The Morgan fingerprint density at radius 1 is 1.27 bits per heavy atom. The molecule has 0 saturated heterocycles. The summed E-state index contributed by atoms with van der Waals surface area (Å²) in [6, 6.07) is 8.95. The van der Waals surface area contributed by atoms with Crippen molar-refractivity contribution in [1.82, 2.24) is 10.3 Å². The van der Waals surface area contributed by atoms with Crippen molar-refractivity contribution in [3.8, 4) is 5.75 Å². The molecule has 26 heavy (non-hydrogen) atoms. The predicted octanol–water partition coefficient (Wildman–Crippen LogP) is 1.42. The number of hydrogen-bond donors (Lipinski definition) is 2. The van der Waals surface area contributed by atoms with Gasteiger partial charge in [0.05, 0.1) is 5.69 Å². The molecule has 136 valence electrons. The zero-order valence-corrected chi connectivity index (χ0v) is 15.0. The van der Waals surface area contributed by atoms with E-state index in [1.54, 1.807) is 32.0 Å². The van der Waals surface area contributed by atoms with E-state index in [9.17, 15) is 14.4 Å². The second kappa shape index (κ2) is 7.03. The molecule has 2 aromatic rings. The van der Waals surface area contributed by atoms with Crippen LogP contribution in [0.5, 0.6) is 5.75 Å². The monoisotopic (exact) mass is 355 g/mol. The number of anilines is 1. The molecule has 0 spiro atoms. The molecule has 2 amide bonds. The Bertz CT molecular complexity index is 919. The molecule has 0 aliphatic carbocycles. The van der Waals surface area contributed by atoms with Crippen LogP contribution in [0.4, 0.5) is 5.69 Å². The maximum Gasteiger partial charge on any atom is 0.268 e. The van der Waals surface area contributed by atoms with Gasteiger partial charge in [0.1, 0.15) is 12.3 Å². The molecule has 7 nitrogen and oxygen atoms in total. The molecular formula is C19H21N3O4. The number of nitrogens with zero attached hydrogens (tertiary/aromatic N) is 1. The number of nitrogens with one attached hydrogen (secondary N) is 2. The van der Waals surface area contributed by atoms with E-state index in [-0.39, 0.29) is 30.5 Å². The van der Waals surface area contributed by atoms with Gasteiger partial charge in [-0.2, -0.15) is 0 Å². The van der Waals surface area contributed by atoms with Crippen molar-refractivity contribution in [2.24, 2.45) is 0 Å². The molecule has 7 heteroatoms. The highest BCUT2D eigenvalue weighted by Crippen LogP contribution is 2.33. The van der Waals surface area contributed by atoms with E-state index >= 15 is 0 Å². The van der Waals surface area contributed by atoms with Crippen LogP contribution < -0.4 is 20.5 Å². The van der Waals surface area contributed by atoms with Gasteiger partial charge in [0.2, 0.25) is 5.91 Å².